The molecule has 4 aromatic carbocycles. The molecule has 296 valence electrons. The number of hydrogen-bond acceptors (Lipinski definition) is 6. The van der Waals surface area contributed by atoms with Crippen LogP contribution in [0, 0.1) is 0 Å². The molecule has 0 saturated heterocycles. The summed E-state index contributed by atoms with van der Waals surface area (Å²) in [4.78, 5) is 5.05. The third kappa shape index (κ3) is 7.26. The molecule has 0 fully saturated rings. The molecule has 3 aliphatic rings. The zero-order valence-electron chi connectivity index (χ0n) is 34.7. The molecule has 1 unspecified atom stereocenters. The predicted molar refractivity (Wildman–Crippen MR) is 238 cm³/mol. The lowest BCUT2D eigenvalue weighted by Crippen LogP contribution is -2.40. The van der Waals surface area contributed by atoms with E-state index in [1.807, 2.05) is 60.7 Å². The molecule has 2 heterocycles. The molecular formula is C51H61N5O. The first kappa shape index (κ1) is 39.9. The first-order valence-electron chi connectivity index (χ1n) is 20.9. The Morgan fingerprint density at radius 3 is 1.98 bits per heavy atom. The number of nitrogens with two attached hydrogens (primary N) is 2. The number of hydrogen-bond donors (Lipinski definition) is 3. The van der Waals surface area contributed by atoms with Crippen LogP contribution in [-0.2, 0) is 16.4 Å². The molecule has 7 rings (SSSR count). The fourth-order valence-electron chi connectivity index (χ4n) is 9.54. The van der Waals surface area contributed by atoms with Crippen LogP contribution >= 0.6 is 0 Å². The van der Waals surface area contributed by atoms with Crippen molar-refractivity contribution in [3.8, 4) is 0 Å². The summed E-state index contributed by atoms with van der Waals surface area (Å²) in [7, 11) is 0. The summed E-state index contributed by atoms with van der Waals surface area (Å²) in [5.41, 5.74) is 16.6. The summed E-state index contributed by atoms with van der Waals surface area (Å²) in [5, 5.41) is 14.3. The van der Waals surface area contributed by atoms with Crippen LogP contribution in [0.25, 0.3) is 0 Å². The Hall–Kier alpha value is -5.30. The lowest BCUT2D eigenvalue weighted by molar-refractivity contribution is 0.117. The highest BCUT2D eigenvalue weighted by atomic mass is 16.3. The molecular weight excluding hydrogens is 699 g/mol. The van der Waals surface area contributed by atoms with Crippen molar-refractivity contribution in [3.63, 3.8) is 0 Å². The van der Waals surface area contributed by atoms with Crippen molar-refractivity contribution in [2.75, 3.05) is 22.9 Å². The molecule has 1 aliphatic carbocycles. The average Bonchev–Trinajstić information content (AvgIpc) is 3.57. The van der Waals surface area contributed by atoms with Crippen LogP contribution in [0.2, 0.25) is 0 Å². The highest BCUT2D eigenvalue weighted by molar-refractivity contribution is 5.71. The van der Waals surface area contributed by atoms with Gasteiger partial charge in [-0.2, -0.15) is 0 Å². The molecule has 6 heteroatoms. The average molecular weight is 760 g/mol. The number of benzene rings is 4. The van der Waals surface area contributed by atoms with Gasteiger partial charge in [0.25, 0.3) is 0 Å². The maximum Gasteiger partial charge on any atom is 0.156 e. The van der Waals surface area contributed by atoms with Crippen molar-refractivity contribution in [1.29, 1.82) is 0 Å². The largest absolute Gasteiger partial charge is 0.398 e. The van der Waals surface area contributed by atoms with Gasteiger partial charge in [-0.15, -0.1) is 0 Å². The van der Waals surface area contributed by atoms with Crippen molar-refractivity contribution in [2.24, 2.45) is 11.6 Å². The monoisotopic (exact) mass is 759 g/mol. The number of rotatable bonds is 12. The predicted octanol–water partition coefficient (Wildman–Crippen LogP) is 10.5. The first-order valence-corrected chi connectivity index (χ1v) is 20.9. The molecule has 0 amide bonds. The molecule has 0 radical (unpaired) electrons. The second kappa shape index (κ2) is 16.3. The van der Waals surface area contributed by atoms with Gasteiger partial charge in [-0.3, -0.25) is 5.01 Å². The van der Waals surface area contributed by atoms with Crippen LogP contribution in [0.1, 0.15) is 95.9 Å². The Bertz CT molecular complexity index is 2170. The van der Waals surface area contributed by atoms with E-state index in [0.717, 1.165) is 62.0 Å². The number of aliphatic hydroxyl groups is 1. The maximum atomic E-state index is 12.6. The summed E-state index contributed by atoms with van der Waals surface area (Å²) in [6.45, 7) is 15.8. The van der Waals surface area contributed by atoms with E-state index in [9.17, 15) is 5.11 Å². The molecule has 5 N–H and O–H groups in total. The molecule has 4 aromatic rings. The Morgan fingerprint density at radius 1 is 0.772 bits per heavy atom. The van der Waals surface area contributed by atoms with E-state index in [1.54, 1.807) is 11.2 Å². The Kier molecular flexibility index (Phi) is 11.4. The van der Waals surface area contributed by atoms with Gasteiger partial charge in [-0.25, -0.2) is 5.84 Å². The molecule has 1 atom stereocenters. The smallest absolute Gasteiger partial charge is 0.156 e. The summed E-state index contributed by atoms with van der Waals surface area (Å²) >= 11 is 0. The van der Waals surface area contributed by atoms with E-state index in [-0.39, 0.29) is 22.6 Å². The van der Waals surface area contributed by atoms with Crippen molar-refractivity contribution >= 4 is 11.4 Å². The van der Waals surface area contributed by atoms with Crippen molar-refractivity contribution < 1.29 is 5.11 Å². The molecule has 0 spiro atoms. The minimum Gasteiger partial charge on any atom is -0.398 e. The summed E-state index contributed by atoms with van der Waals surface area (Å²) < 4.78 is 0. The van der Waals surface area contributed by atoms with Gasteiger partial charge in [0.2, 0.25) is 0 Å². The highest BCUT2D eigenvalue weighted by Gasteiger charge is 2.43. The maximum absolute atomic E-state index is 12.6. The van der Waals surface area contributed by atoms with Crippen molar-refractivity contribution in [3.05, 3.63) is 190 Å². The molecule has 0 aromatic heterocycles. The molecule has 0 saturated carbocycles. The number of nitrogens with zero attached hydrogens (tertiary/aromatic N) is 3. The quantitative estimate of drug-likeness (QED) is 0.0986. The van der Waals surface area contributed by atoms with Gasteiger partial charge in [0, 0.05) is 47.2 Å². The topological polar surface area (TPSA) is 82.0 Å². The van der Waals surface area contributed by atoms with Crippen LogP contribution in [0.3, 0.4) is 0 Å². The van der Waals surface area contributed by atoms with Gasteiger partial charge >= 0.3 is 0 Å². The lowest BCUT2D eigenvalue weighted by atomic mass is 9.79. The number of fused-ring (bicyclic) bond motifs is 2. The Balaban J connectivity index is 1.37. The summed E-state index contributed by atoms with van der Waals surface area (Å²) in [6, 6.07) is 37.0. The van der Waals surface area contributed by atoms with Gasteiger partial charge < -0.3 is 20.6 Å². The van der Waals surface area contributed by atoms with Gasteiger partial charge in [-0.05, 0) is 83.7 Å². The second-order valence-corrected chi connectivity index (χ2v) is 16.9. The van der Waals surface area contributed by atoms with Crippen LogP contribution in [0.15, 0.2) is 168 Å². The number of allylic oxidation sites excluding steroid dienone is 6. The molecule has 57 heavy (non-hydrogen) atoms. The number of para-hydroxylation sites is 2. The van der Waals surface area contributed by atoms with E-state index < -0.39 is 5.60 Å². The standard InChI is InChI=1S/C51H61N5O/c1-7-34-54-43-28-17-15-26-41(43)49(3,4)46(54)32-30-37-20-19-21-38(31-33-47-50(5,6)42-27-16-18-29-44(42)55(47)35-8-2)48(37)56(53)36-45(52)51(57,39-22-11-9-12-23-39)40-24-13-10-14-25-40/h9-18,22-33,36,46,57H,7-8,19-21,34-35,52-53H2,1-6H3/b32-30+,38-31+,45-36-,47-33+. The SMILES string of the molecule is CCCN1/C(=C/C=C2\CCCC(/C=C/C3N(CCC)c4ccccc4C3(C)C)=C2N(N)/C=C(\N)C(O)(c2ccccc2)c2ccccc2)C(C)(C)c2ccccc21. The minimum absolute atomic E-state index is 0.0822. The zero-order valence-corrected chi connectivity index (χ0v) is 34.7. The van der Waals surface area contributed by atoms with Gasteiger partial charge in [0.05, 0.1) is 17.4 Å². The number of anilines is 2. The van der Waals surface area contributed by atoms with Gasteiger partial charge in [0.1, 0.15) is 0 Å². The molecule has 2 aliphatic heterocycles. The molecule has 0 bridgehead atoms. The van der Waals surface area contributed by atoms with Crippen LogP contribution < -0.4 is 21.4 Å². The van der Waals surface area contributed by atoms with E-state index in [4.69, 9.17) is 11.6 Å². The fraction of sp³-hybridized carbons (Fsp3) is 0.333. The van der Waals surface area contributed by atoms with Crippen LogP contribution in [-0.4, -0.2) is 29.2 Å². The van der Waals surface area contributed by atoms with Crippen LogP contribution in [0.5, 0.6) is 0 Å². The third-order valence-electron chi connectivity index (χ3n) is 12.5. The zero-order chi connectivity index (χ0) is 40.4. The van der Waals surface area contributed by atoms with Crippen molar-refractivity contribution in [1.82, 2.24) is 5.01 Å². The second-order valence-electron chi connectivity index (χ2n) is 16.9. The van der Waals surface area contributed by atoms with E-state index in [0.29, 0.717) is 11.1 Å². The van der Waals surface area contributed by atoms with Gasteiger partial charge in [-0.1, -0.05) is 157 Å². The Morgan fingerprint density at radius 2 is 1.35 bits per heavy atom. The van der Waals surface area contributed by atoms with E-state index in [2.05, 4.69) is 124 Å². The summed E-state index contributed by atoms with van der Waals surface area (Å²) in [6.07, 6.45) is 15.9. The van der Waals surface area contributed by atoms with Crippen LogP contribution in [0.4, 0.5) is 11.4 Å². The first-order chi connectivity index (χ1) is 27.4. The normalized spacial score (nSPS) is 20.5. The number of hydrazine groups is 1. The Labute approximate surface area is 341 Å². The lowest BCUT2D eigenvalue weighted by Gasteiger charge is -2.34. The van der Waals surface area contributed by atoms with Gasteiger partial charge in [0.15, 0.2) is 5.60 Å². The fourth-order valence-corrected chi connectivity index (χ4v) is 9.54. The highest BCUT2D eigenvalue weighted by Crippen LogP contribution is 2.49. The van der Waals surface area contributed by atoms with Crippen molar-refractivity contribution in [2.45, 2.75) is 96.1 Å². The third-order valence-corrected chi connectivity index (χ3v) is 12.5. The summed E-state index contributed by atoms with van der Waals surface area (Å²) in [5.74, 6) is 7.24. The minimum atomic E-state index is -1.60. The molecule has 6 nitrogen and oxygen atoms in total. The van der Waals surface area contributed by atoms with E-state index in [1.165, 1.54) is 28.2 Å². The van der Waals surface area contributed by atoms with E-state index >= 15 is 0 Å².